The van der Waals surface area contributed by atoms with Crippen LogP contribution in [0, 0.1) is 17.1 Å². The number of aromatic nitrogens is 2. The summed E-state index contributed by atoms with van der Waals surface area (Å²) in [6, 6.07) is 19.7. The largest absolute Gasteiger partial charge is 0.416 e. The maximum absolute atomic E-state index is 14.4. The zero-order valence-corrected chi connectivity index (χ0v) is 24.6. The summed E-state index contributed by atoms with van der Waals surface area (Å²) in [5.74, 6) is -0.870. The average Bonchev–Trinajstić information content (AvgIpc) is 3.43. The molecule has 0 aliphatic heterocycles. The van der Waals surface area contributed by atoms with E-state index in [1.807, 2.05) is 23.6 Å². The van der Waals surface area contributed by atoms with Crippen LogP contribution in [0.5, 0.6) is 0 Å². The molecule has 0 aliphatic rings. The summed E-state index contributed by atoms with van der Waals surface area (Å²) in [5.41, 5.74) is 1.41. The number of nitriles is 1. The van der Waals surface area contributed by atoms with Crippen LogP contribution in [0.1, 0.15) is 41.3 Å². The third kappa shape index (κ3) is 8.64. The number of nitrogens with zero attached hydrogens (tertiary/aromatic N) is 4. The van der Waals surface area contributed by atoms with E-state index in [-0.39, 0.29) is 41.8 Å². The second kappa shape index (κ2) is 14.6. The van der Waals surface area contributed by atoms with Gasteiger partial charge in [-0.3, -0.25) is 4.79 Å². The van der Waals surface area contributed by atoms with Gasteiger partial charge in [0.2, 0.25) is 5.91 Å². The first-order chi connectivity index (χ1) is 21.1. The minimum Gasteiger partial charge on any atom is -0.351 e. The standard InChI is InChI=1S/C32H30F4N6OS/c1-2-25(39-30(43)15-26-17-38-21-42(26)18-23-13-11-22(16-37)12-14-23)20-41(31(44)40-29-10-6-5-9-28(29)33)19-24-7-3-4-8-27(24)32(34,35)36/h3-14,17,21,25H,2,15,18-20H2,1H3,(H,39,43)(H,40,44)/t25-/m0/s1. The second-order valence-electron chi connectivity index (χ2n) is 10.1. The molecular formula is C32H30F4N6OS. The molecule has 0 fully saturated rings. The summed E-state index contributed by atoms with van der Waals surface area (Å²) in [4.78, 5) is 18.8. The van der Waals surface area contributed by atoms with Crippen LogP contribution in [0.3, 0.4) is 0 Å². The monoisotopic (exact) mass is 622 g/mol. The highest BCUT2D eigenvalue weighted by Crippen LogP contribution is 2.32. The number of para-hydroxylation sites is 1. The number of carbonyl (C=O) groups excluding carboxylic acids is 1. The maximum atomic E-state index is 14.4. The van der Waals surface area contributed by atoms with Gasteiger partial charge in [-0.25, -0.2) is 9.37 Å². The third-order valence-electron chi connectivity index (χ3n) is 6.96. The molecule has 1 atom stereocenters. The van der Waals surface area contributed by atoms with Crippen molar-refractivity contribution in [2.24, 2.45) is 0 Å². The van der Waals surface area contributed by atoms with E-state index in [2.05, 4.69) is 21.7 Å². The van der Waals surface area contributed by atoms with Crippen LogP contribution >= 0.6 is 12.2 Å². The van der Waals surface area contributed by atoms with Gasteiger partial charge in [0.15, 0.2) is 5.11 Å². The highest BCUT2D eigenvalue weighted by molar-refractivity contribution is 7.80. The Bertz CT molecular complexity index is 1630. The zero-order valence-electron chi connectivity index (χ0n) is 23.8. The van der Waals surface area contributed by atoms with E-state index in [9.17, 15) is 22.4 Å². The molecule has 2 N–H and O–H groups in total. The van der Waals surface area contributed by atoms with Crippen molar-refractivity contribution < 1.29 is 22.4 Å². The highest BCUT2D eigenvalue weighted by Gasteiger charge is 2.33. The molecule has 0 bridgehead atoms. The number of halogens is 4. The van der Waals surface area contributed by atoms with Crippen LogP contribution in [0.25, 0.3) is 0 Å². The number of benzene rings is 3. The van der Waals surface area contributed by atoms with Crippen molar-refractivity contribution in [3.05, 3.63) is 119 Å². The Hall–Kier alpha value is -4.76. The third-order valence-corrected chi connectivity index (χ3v) is 7.32. The van der Waals surface area contributed by atoms with E-state index in [1.165, 1.54) is 41.3 Å². The predicted molar refractivity (Wildman–Crippen MR) is 163 cm³/mol. The van der Waals surface area contributed by atoms with Crippen molar-refractivity contribution in [2.45, 2.75) is 45.1 Å². The van der Waals surface area contributed by atoms with Crippen LogP contribution in [0.15, 0.2) is 85.3 Å². The molecule has 44 heavy (non-hydrogen) atoms. The van der Waals surface area contributed by atoms with Gasteiger partial charge in [0.1, 0.15) is 5.82 Å². The zero-order chi connectivity index (χ0) is 31.7. The topological polar surface area (TPSA) is 86.0 Å². The number of amides is 1. The van der Waals surface area contributed by atoms with Gasteiger partial charge in [0.25, 0.3) is 0 Å². The maximum Gasteiger partial charge on any atom is 0.416 e. The van der Waals surface area contributed by atoms with Gasteiger partial charge in [0.05, 0.1) is 35.6 Å². The van der Waals surface area contributed by atoms with E-state index in [4.69, 9.17) is 17.5 Å². The fourth-order valence-electron chi connectivity index (χ4n) is 4.62. The van der Waals surface area contributed by atoms with Crippen LogP contribution in [0.2, 0.25) is 0 Å². The normalized spacial score (nSPS) is 11.8. The summed E-state index contributed by atoms with van der Waals surface area (Å²) in [5, 5.41) is 14.8. The molecule has 3 aromatic carbocycles. The van der Waals surface area contributed by atoms with Crippen molar-refractivity contribution in [3.8, 4) is 6.07 Å². The fourth-order valence-corrected chi connectivity index (χ4v) is 4.87. The Kier molecular flexibility index (Phi) is 10.7. The summed E-state index contributed by atoms with van der Waals surface area (Å²) < 4.78 is 57.6. The van der Waals surface area contributed by atoms with Gasteiger partial charge in [-0.1, -0.05) is 49.4 Å². The van der Waals surface area contributed by atoms with Gasteiger partial charge in [0, 0.05) is 37.6 Å². The van der Waals surface area contributed by atoms with E-state index < -0.39 is 23.6 Å². The number of carbonyl (C=O) groups is 1. The Morgan fingerprint density at radius 3 is 2.48 bits per heavy atom. The first-order valence-electron chi connectivity index (χ1n) is 13.8. The summed E-state index contributed by atoms with van der Waals surface area (Å²) in [7, 11) is 0. The van der Waals surface area contributed by atoms with Crippen molar-refractivity contribution in [2.75, 3.05) is 11.9 Å². The summed E-state index contributed by atoms with van der Waals surface area (Å²) in [6.45, 7) is 2.14. The molecule has 1 heterocycles. The Morgan fingerprint density at radius 1 is 1.09 bits per heavy atom. The van der Waals surface area contributed by atoms with Crippen molar-refractivity contribution >= 4 is 28.9 Å². The molecule has 0 unspecified atom stereocenters. The number of hydrogen-bond donors (Lipinski definition) is 2. The summed E-state index contributed by atoms with van der Waals surface area (Å²) >= 11 is 5.55. The lowest BCUT2D eigenvalue weighted by Gasteiger charge is -2.31. The van der Waals surface area contributed by atoms with Gasteiger partial charge < -0.3 is 20.1 Å². The first kappa shape index (κ1) is 32.2. The number of imidazole rings is 1. The second-order valence-corrected chi connectivity index (χ2v) is 10.5. The molecule has 7 nitrogen and oxygen atoms in total. The smallest absolute Gasteiger partial charge is 0.351 e. The van der Waals surface area contributed by atoms with Crippen LogP contribution in [-0.2, 0) is 30.5 Å². The Labute approximate surface area is 258 Å². The molecular weight excluding hydrogens is 592 g/mol. The lowest BCUT2D eigenvalue weighted by Crippen LogP contribution is -2.47. The first-order valence-corrected chi connectivity index (χ1v) is 14.2. The Morgan fingerprint density at radius 2 is 1.80 bits per heavy atom. The lowest BCUT2D eigenvalue weighted by molar-refractivity contribution is -0.138. The van der Waals surface area contributed by atoms with Crippen LogP contribution in [0.4, 0.5) is 23.2 Å². The number of nitrogens with one attached hydrogen (secondary N) is 2. The molecule has 0 spiro atoms. The van der Waals surface area contributed by atoms with Crippen LogP contribution < -0.4 is 10.6 Å². The number of thiocarbonyl (C=S) groups is 1. The minimum atomic E-state index is -4.58. The number of rotatable bonds is 11. The van der Waals surface area contributed by atoms with Crippen molar-refractivity contribution in [1.29, 1.82) is 5.26 Å². The van der Waals surface area contributed by atoms with Crippen LogP contribution in [-0.4, -0.2) is 38.1 Å². The van der Waals surface area contributed by atoms with Gasteiger partial charge >= 0.3 is 6.18 Å². The molecule has 0 radical (unpaired) electrons. The number of alkyl halides is 3. The molecule has 12 heteroatoms. The molecule has 0 aliphatic carbocycles. The molecule has 4 rings (SSSR count). The molecule has 1 aromatic heterocycles. The molecule has 0 saturated carbocycles. The molecule has 0 saturated heterocycles. The number of hydrogen-bond acceptors (Lipinski definition) is 4. The SMILES string of the molecule is CC[C@@H](CN(Cc1ccccc1C(F)(F)F)C(=S)Nc1ccccc1F)NC(=O)Cc1cncn1Cc1ccc(C#N)cc1. The van der Waals surface area contributed by atoms with Gasteiger partial charge in [-0.2, -0.15) is 18.4 Å². The van der Waals surface area contributed by atoms with Gasteiger partial charge in [-0.15, -0.1) is 0 Å². The molecule has 4 aromatic rings. The fraction of sp³-hybridized carbons (Fsp3) is 0.250. The quantitative estimate of drug-likeness (QED) is 0.151. The van der Waals surface area contributed by atoms with E-state index in [1.54, 1.807) is 30.7 Å². The minimum absolute atomic E-state index is 0.00873. The molecule has 228 valence electrons. The molecule has 1 amide bonds. The summed E-state index contributed by atoms with van der Waals surface area (Å²) in [6.07, 6.45) is -0.901. The van der Waals surface area contributed by atoms with Gasteiger partial charge in [-0.05, 0) is 60.1 Å². The highest BCUT2D eigenvalue weighted by atomic mass is 32.1. The van der Waals surface area contributed by atoms with E-state index in [0.29, 0.717) is 24.2 Å². The van der Waals surface area contributed by atoms with Crippen molar-refractivity contribution in [3.63, 3.8) is 0 Å². The van der Waals surface area contributed by atoms with Crippen molar-refractivity contribution in [1.82, 2.24) is 19.8 Å². The van der Waals surface area contributed by atoms with E-state index in [0.717, 1.165) is 11.6 Å². The average molecular weight is 623 g/mol. The Balaban J connectivity index is 1.49. The predicted octanol–water partition coefficient (Wildman–Crippen LogP) is 6.30. The lowest BCUT2D eigenvalue weighted by atomic mass is 10.1. The van der Waals surface area contributed by atoms with E-state index >= 15 is 0 Å². The number of anilines is 1.